The lowest BCUT2D eigenvalue weighted by Crippen LogP contribution is -2.38. The van der Waals surface area contributed by atoms with E-state index < -0.39 is 6.10 Å². The van der Waals surface area contributed by atoms with Gasteiger partial charge in [0.15, 0.2) is 6.10 Å². The van der Waals surface area contributed by atoms with Gasteiger partial charge in [-0.25, -0.2) is 0 Å². The summed E-state index contributed by atoms with van der Waals surface area (Å²) < 4.78 is 5.67. The number of hydrogen-bond acceptors (Lipinski definition) is 3. The van der Waals surface area contributed by atoms with Crippen molar-refractivity contribution in [2.75, 3.05) is 32.8 Å². The van der Waals surface area contributed by atoms with Crippen molar-refractivity contribution in [1.29, 1.82) is 0 Å². The summed E-state index contributed by atoms with van der Waals surface area (Å²) in [6.45, 7) is 5.87. The molecule has 0 aromatic heterocycles. The molecule has 0 saturated carbocycles. The van der Waals surface area contributed by atoms with Gasteiger partial charge in [0.1, 0.15) is 0 Å². The zero-order valence-corrected chi connectivity index (χ0v) is 12.7. The molecule has 4 nitrogen and oxygen atoms in total. The molecule has 5 heteroatoms. The molecule has 1 heterocycles. The van der Waals surface area contributed by atoms with Crippen molar-refractivity contribution in [3.63, 3.8) is 0 Å². The van der Waals surface area contributed by atoms with E-state index in [1.54, 1.807) is 0 Å². The minimum Gasteiger partial charge on any atom is -0.364 e. The molecule has 0 spiro atoms. The lowest BCUT2D eigenvalue weighted by molar-refractivity contribution is -0.143. The Labute approximate surface area is 126 Å². The highest BCUT2D eigenvalue weighted by Crippen LogP contribution is 2.20. The first-order valence-corrected chi connectivity index (χ1v) is 6.99. The summed E-state index contributed by atoms with van der Waals surface area (Å²) in [5.74, 6) is 0.0803. The van der Waals surface area contributed by atoms with Gasteiger partial charge in [0, 0.05) is 26.2 Å². The average molecular weight is 299 g/mol. The van der Waals surface area contributed by atoms with E-state index in [-0.39, 0.29) is 18.3 Å². The van der Waals surface area contributed by atoms with Gasteiger partial charge in [-0.15, -0.1) is 12.4 Å². The Kier molecular flexibility index (Phi) is 7.59. The smallest absolute Gasteiger partial charge is 0.256 e. The Morgan fingerprint density at radius 2 is 2.05 bits per heavy atom. The van der Waals surface area contributed by atoms with Gasteiger partial charge in [0.25, 0.3) is 5.91 Å². The molecule has 1 N–H and O–H groups in total. The molecule has 1 aromatic rings. The maximum Gasteiger partial charge on any atom is 0.256 e. The molecule has 20 heavy (non-hydrogen) atoms. The van der Waals surface area contributed by atoms with E-state index in [1.807, 2.05) is 42.2 Å². The van der Waals surface area contributed by atoms with Gasteiger partial charge < -0.3 is 15.0 Å². The number of carbonyl (C=O) groups is 1. The van der Waals surface area contributed by atoms with E-state index in [1.165, 1.54) is 0 Å². The topological polar surface area (TPSA) is 41.6 Å². The fourth-order valence-electron chi connectivity index (χ4n) is 2.34. The second-order valence-electron chi connectivity index (χ2n) is 4.67. The highest BCUT2D eigenvalue weighted by Gasteiger charge is 2.26. The summed E-state index contributed by atoms with van der Waals surface area (Å²) in [4.78, 5) is 14.5. The molecule has 1 fully saturated rings. The highest BCUT2D eigenvalue weighted by molar-refractivity contribution is 5.85. The number of nitrogens with zero attached hydrogens (tertiary/aromatic N) is 1. The average Bonchev–Trinajstić information content (AvgIpc) is 2.74. The molecule has 0 bridgehead atoms. The summed E-state index contributed by atoms with van der Waals surface area (Å²) in [5, 5.41) is 3.31. The molecule has 1 aliphatic heterocycles. The summed E-state index contributed by atoms with van der Waals surface area (Å²) in [6.07, 6.45) is 0.531. The second kappa shape index (κ2) is 8.95. The van der Waals surface area contributed by atoms with Crippen LogP contribution < -0.4 is 5.32 Å². The lowest BCUT2D eigenvalue weighted by atomic mass is 10.1. The molecule has 1 amide bonds. The van der Waals surface area contributed by atoms with Gasteiger partial charge in [-0.1, -0.05) is 30.3 Å². The van der Waals surface area contributed by atoms with Crippen LogP contribution in [0.4, 0.5) is 0 Å². The third-order valence-electron chi connectivity index (χ3n) is 3.31. The Hall–Kier alpha value is -1.10. The van der Waals surface area contributed by atoms with Crippen molar-refractivity contribution in [1.82, 2.24) is 10.2 Å². The van der Waals surface area contributed by atoms with Crippen LogP contribution in [0.3, 0.4) is 0 Å². The molecule has 1 unspecified atom stereocenters. The molecular formula is C15H23ClN2O2. The predicted molar refractivity (Wildman–Crippen MR) is 82.1 cm³/mol. The number of carbonyl (C=O) groups excluding carboxylic acids is 1. The normalized spacial score (nSPS) is 16.9. The standard InChI is InChI=1S/C15H22N2O2.ClH/c1-2-19-14(13-7-4-3-5-8-13)15(18)17-11-6-9-16-10-12-17;/h3-5,7-8,14,16H,2,6,9-12H2,1H3;1H. The third kappa shape index (κ3) is 4.47. The van der Waals surface area contributed by atoms with Crippen LogP contribution in [0.1, 0.15) is 25.0 Å². The number of amides is 1. The fourth-order valence-corrected chi connectivity index (χ4v) is 2.34. The van der Waals surface area contributed by atoms with E-state index in [9.17, 15) is 4.79 Å². The zero-order chi connectivity index (χ0) is 13.5. The minimum atomic E-state index is -0.468. The first kappa shape index (κ1) is 17.0. The van der Waals surface area contributed by atoms with Gasteiger partial charge in [0.2, 0.25) is 0 Å². The zero-order valence-electron chi connectivity index (χ0n) is 11.9. The Bertz CT molecular complexity index is 392. The predicted octanol–water partition coefficient (Wildman–Crippen LogP) is 2.01. The number of ether oxygens (including phenoxy) is 1. The highest BCUT2D eigenvalue weighted by atomic mass is 35.5. The number of hydrogen-bond donors (Lipinski definition) is 1. The third-order valence-corrected chi connectivity index (χ3v) is 3.31. The molecule has 1 aliphatic rings. The van der Waals surface area contributed by atoms with Crippen LogP contribution in [0, 0.1) is 0 Å². The summed E-state index contributed by atoms with van der Waals surface area (Å²) in [6, 6.07) is 9.74. The maximum absolute atomic E-state index is 12.6. The number of rotatable bonds is 4. The van der Waals surface area contributed by atoms with Gasteiger partial charge in [-0.3, -0.25) is 4.79 Å². The first-order chi connectivity index (χ1) is 9.33. The van der Waals surface area contributed by atoms with E-state index >= 15 is 0 Å². The van der Waals surface area contributed by atoms with Crippen LogP contribution in [0.15, 0.2) is 30.3 Å². The minimum absolute atomic E-state index is 0. The van der Waals surface area contributed by atoms with E-state index in [0.29, 0.717) is 6.61 Å². The van der Waals surface area contributed by atoms with Crippen LogP contribution in [-0.2, 0) is 9.53 Å². The monoisotopic (exact) mass is 298 g/mol. The van der Waals surface area contributed by atoms with Crippen molar-refractivity contribution in [2.24, 2.45) is 0 Å². The maximum atomic E-state index is 12.6. The Morgan fingerprint density at radius 3 is 2.75 bits per heavy atom. The molecule has 1 atom stereocenters. The SMILES string of the molecule is CCOC(C(=O)N1CCCNCC1)c1ccccc1.Cl. The van der Waals surface area contributed by atoms with Crippen LogP contribution >= 0.6 is 12.4 Å². The van der Waals surface area contributed by atoms with Gasteiger partial charge in [0.05, 0.1) is 0 Å². The summed E-state index contributed by atoms with van der Waals surface area (Å²) in [5.41, 5.74) is 0.937. The number of benzene rings is 1. The van der Waals surface area contributed by atoms with Gasteiger partial charge in [-0.05, 0) is 25.5 Å². The number of nitrogens with one attached hydrogen (secondary N) is 1. The van der Waals surface area contributed by atoms with Crippen molar-refractivity contribution >= 4 is 18.3 Å². The van der Waals surface area contributed by atoms with Crippen LogP contribution in [0.5, 0.6) is 0 Å². The quantitative estimate of drug-likeness (QED) is 0.924. The van der Waals surface area contributed by atoms with Crippen molar-refractivity contribution in [2.45, 2.75) is 19.4 Å². The molecule has 1 aromatic carbocycles. The number of halogens is 1. The van der Waals surface area contributed by atoms with Gasteiger partial charge >= 0.3 is 0 Å². The van der Waals surface area contributed by atoms with E-state index in [4.69, 9.17) is 4.74 Å². The molecule has 112 valence electrons. The van der Waals surface area contributed by atoms with Crippen LogP contribution in [0.2, 0.25) is 0 Å². The molecule has 0 aliphatic carbocycles. The Balaban J connectivity index is 0.00000200. The van der Waals surface area contributed by atoms with Gasteiger partial charge in [-0.2, -0.15) is 0 Å². The van der Waals surface area contributed by atoms with E-state index in [0.717, 1.165) is 38.2 Å². The summed E-state index contributed by atoms with van der Waals surface area (Å²) in [7, 11) is 0. The van der Waals surface area contributed by atoms with Crippen molar-refractivity contribution in [3.8, 4) is 0 Å². The van der Waals surface area contributed by atoms with Crippen LogP contribution in [-0.4, -0.2) is 43.6 Å². The molecule has 2 rings (SSSR count). The summed E-state index contributed by atoms with van der Waals surface area (Å²) >= 11 is 0. The Morgan fingerprint density at radius 1 is 1.30 bits per heavy atom. The lowest BCUT2D eigenvalue weighted by Gasteiger charge is -2.26. The molecule has 0 radical (unpaired) electrons. The second-order valence-corrected chi connectivity index (χ2v) is 4.67. The molecular weight excluding hydrogens is 276 g/mol. The fraction of sp³-hybridized carbons (Fsp3) is 0.533. The van der Waals surface area contributed by atoms with Crippen molar-refractivity contribution < 1.29 is 9.53 Å². The van der Waals surface area contributed by atoms with Crippen LogP contribution in [0.25, 0.3) is 0 Å². The van der Waals surface area contributed by atoms with E-state index in [2.05, 4.69) is 5.32 Å². The first-order valence-electron chi connectivity index (χ1n) is 6.99. The molecule has 1 saturated heterocycles. The van der Waals surface area contributed by atoms with Crippen molar-refractivity contribution in [3.05, 3.63) is 35.9 Å². The largest absolute Gasteiger partial charge is 0.364 e.